The summed E-state index contributed by atoms with van der Waals surface area (Å²) in [6, 6.07) is 13.2. The number of aromatic amines is 1. The summed E-state index contributed by atoms with van der Waals surface area (Å²) in [5.74, 6) is -0.192. The second-order valence-electron chi connectivity index (χ2n) is 5.07. The van der Waals surface area contributed by atoms with Crippen LogP contribution < -0.4 is 5.32 Å². The van der Waals surface area contributed by atoms with Crippen LogP contribution in [-0.4, -0.2) is 16.1 Å². The SMILES string of the molecule is N#Cc1cccc2c1NC(=O)C2=Cc1ccc2cn[nH]c2c1. The molecular weight excluding hydrogens is 276 g/mol. The average molecular weight is 286 g/mol. The molecule has 5 nitrogen and oxygen atoms in total. The van der Waals surface area contributed by atoms with Crippen molar-refractivity contribution in [3.8, 4) is 6.07 Å². The molecular formula is C17H10N4O. The zero-order valence-electron chi connectivity index (χ0n) is 11.4. The molecule has 0 atom stereocenters. The molecule has 0 radical (unpaired) electrons. The maximum atomic E-state index is 12.2. The molecule has 104 valence electrons. The zero-order valence-corrected chi connectivity index (χ0v) is 11.4. The number of para-hydroxylation sites is 1. The lowest BCUT2D eigenvalue weighted by Crippen LogP contribution is -2.04. The summed E-state index contributed by atoms with van der Waals surface area (Å²) in [5.41, 5.74) is 4.19. The van der Waals surface area contributed by atoms with Crippen molar-refractivity contribution < 1.29 is 4.79 Å². The Morgan fingerprint density at radius 3 is 3.00 bits per heavy atom. The van der Waals surface area contributed by atoms with Crippen LogP contribution in [0.4, 0.5) is 5.69 Å². The molecule has 1 aromatic heterocycles. The highest BCUT2D eigenvalue weighted by Gasteiger charge is 2.26. The first-order chi connectivity index (χ1) is 10.8. The van der Waals surface area contributed by atoms with E-state index in [0.717, 1.165) is 22.0 Å². The summed E-state index contributed by atoms with van der Waals surface area (Å²) in [5, 5.41) is 19.8. The fraction of sp³-hybridized carbons (Fsp3) is 0. The molecule has 3 aromatic rings. The van der Waals surface area contributed by atoms with E-state index in [0.29, 0.717) is 16.8 Å². The van der Waals surface area contributed by atoms with Crippen molar-refractivity contribution in [2.75, 3.05) is 5.32 Å². The van der Waals surface area contributed by atoms with Crippen molar-refractivity contribution in [3.63, 3.8) is 0 Å². The number of nitrogens with zero attached hydrogens (tertiary/aromatic N) is 2. The van der Waals surface area contributed by atoms with Gasteiger partial charge < -0.3 is 5.32 Å². The van der Waals surface area contributed by atoms with Gasteiger partial charge in [-0.1, -0.05) is 24.3 Å². The maximum absolute atomic E-state index is 12.2. The third kappa shape index (κ3) is 1.79. The minimum atomic E-state index is -0.192. The van der Waals surface area contributed by atoms with Crippen LogP contribution in [0, 0.1) is 11.3 Å². The molecule has 2 N–H and O–H groups in total. The van der Waals surface area contributed by atoms with Crippen LogP contribution >= 0.6 is 0 Å². The predicted octanol–water partition coefficient (Wildman–Crippen LogP) is 2.93. The van der Waals surface area contributed by atoms with Crippen LogP contribution in [0.15, 0.2) is 42.6 Å². The van der Waals surface area contributed by atoms with Gasteiger partial charge in [0, 0.05) is 16.5 Å². The van der Waals surface area contributed by atoms with E-state index in [2.05, 4.69) is 21.6 Å². The first-order valence-electron chi connectivity index (χ1n) is 6.76. The number of benzene rings is 2. The molecule has 0 bridgehead atoms. The number of anilines is 1. The van der Waals surface area contributed by atoms with Crippen molar-refractivity contribution in [2.24, 2.45) is 0 Å². The molecule has 1 amide bonds. The number of H-pyrrole nitrogens is 1. The number of amides is 1. The number of aromatic nitrogens is 2. The maximum Gasteiger partial charge on any atom is 0.256 e. The third-order valence-corrected chi connectivity index (χ3v) is 3.74. The van der Waals surface area contributed by atoms with E-state index in [-0.39, 0.29) is 5.91 Å². The van der Waals surface area contributed by atoms with E-state index in [9.17, 15) is 4.79 Å². The zero-order chi connectivity index (χ0) is 15.1. The summed E-state index contributed by atoms with van der Waals surface area (Å²) in [4.78, 5) is 12.2. The van der Waals surface area contributed by atoms with Crippen molar-refractivity contribution in [3.05, 3.63) is 59.3 Å². The number of fused-ring (bicyclic) bond motifs is 2. The Morgan fingerprint density at radius 1 is 1.23 bits per heavy atom. The topological polar surface area (TPSA) is 81.6 Å². The second kappa shape index (κ2) is 4.57. The molecule has 0 unspecified atom stereocenters. The molecule has 0 aliphatic carbocycles. The minimum absolute atomic E-state index is 0.192. The standard InChI is InChI=1S/C17H10N4O/c18-8-11-2-1-3-13-14(17(22)20-16(11)13)6-10-4-5-12-9-19-21-15(12)7-10/h1-7,9H,(H,19,21)(H,20,22). The highest BCUT2D eigenvalue weighted by atomic mass is 16.2. The summed E-state index contributed by atoms with van der Waals surface area (Å²) in [6.07, 6.45) is 3.58. The van der Waals surface area contributed by atoms with Gasteiger partial charge in [0.05, 0.1) is 23.0 Å². The third-order valence-electron chi connectivity index (χ3n) is 3.74. The van der Waals surface area contributed by atoms with Gasteiger partial charge in [-0.3, -0.25) is 9.89 Å². The van der Waals surface area contributed by atoms with E-state index in [1.165, 1.54) is 0 Å². The molecule has 2 heterocycles. The highest BCUT2D eigenvalue weighted by molar-refractivity contribution is 6.35. The van der Waals surface area contributed by atoms with Gasteiger partial charge in [-0.05, 0) is 23.8 Å². The normalized spacial score (nSPS) is 14.9. The first-order valence-corrected chi connectivity index (χ1v) is 6.76. The van der Waals surface area contributed by atoms with Crippen LogP contribution in [0.2, 0.25) is 0 Å². The fourth-order valence-electron chi connectivity index (χ4n) is 2.66. The molecule has 0 fully saturated rings. The number of carbonyl (C=O) groups excluding carboxylic acids is 1. The van der Waals surface area contributed by atoms with Gasteiger partial charge >= 0.3 is 0 Å². The van der Waals surface area contributed by atoms with Gasteiger partial charge in [0.15, 0.2) is 0 Å². The molecule has 1 aliphatic rings. The molecule has 22 heavy (non-hydrogen) atoms. The summed E-state index contributed by atoms with van der Waals surface area (Å²) in [7, 11) is 0. The molecule has 0 spiro atoms. The Morgan fingerprint density at radius 2 is 2.14 bits per heavy atom. The van der Waals surface area contributed by atoms with Gasteiger partial charge in [-0.2, -0.15) is 10.4 Å². The van der Waals surface area contributed by atoms with E-state index < -0.39 is 0 Å². The van der Waals surface area contributed by atoms with Crippen molar-refractivity contribution >= 4 is 34.1 Å². The van der Waals surface area contributed by atoms with Gasteiger partial charge in [-0.15, -0.1) is 0 Å². The molecule has 0 saturated carbocycles. The van der Waals surface area contributed by atoms with Gasteiger partial charge in [0.25, 0.3) is 5.91 Å². The highest BCUT2D eigenvalue weighted by Crippen LogP contribution is 2.35. The Labute approximate surface area is 125 Å². The van der Waals surface area contributed by atoms with Gasteiger partial charge in [0.2, 0.25) is 0 Å². The van der Waals surface area contributed by atoms with Crippen molar-refractivity contribution in [2.45, 2.75) is 0 Å². The summed E-state index contributed by atoms with van der Waals surface area (Å²) < 4.78 is 0. The number of nitriles is 1. The number of rotatable bonds is 1. The van der Waals surface area contributed by atoms with E-state index in [1.54, 1.807) is 18.3 Å². The average Bonchev–Trinajstić information content (AvgIpc) is 3.12. The summed E-state index contributed by atoms with van der Waals surface area (Å²) >= 11 is 0. The van der Waals surface area contributed by atoms with E-state index >= 15 is 0 Å². The van der Waals surface area contributed by atoms with Crippen LogP contribution in [-0.2, 0) is 4.79 Å². The van der Waals surface area contributed by atoms with Crippen LogP contribution in [0.25, 0.3) is 22.6 Å². The van der Waals surface area contributed by atoms with E-state index in [1.807, 2.05) is 30.3 Å². The Balaban J connectivity index is 1.86. The molecule has 0 saturated heterocycles. The number of nitrogens with one attached hydrogen (secondary N) is 2. The van der Waals surface area contributed by atoms with Crippen LogP contribution in [0.5, 0.6) is 0 Å². The smallest absolute Gasteiger partial charge is 0.256 e. The largest absolute Gasteiger partial charge is 0.320 e. The summed E-state index contributed by atoms with van der Waals surface area (Å²) in [6.45, 7) is 0. The fourth-order valence-corrected chi connectivity index (χ4v) is 2.66. The lowest BCUT2D eigenvalue weighted by atomic mass is 10.0. The molecule has 4 rings (SSSR count). The van der Waals surface area contributed by atoms with Crippen LogP contribution in [0.3, 0.4) is 0 Å². The lowest BCUT2D eigenvalue weighted by molar-refractivity contribution is -0.110. The van der Waals surface area contributed by atoms with Gasteiger partial charge in [-0.25, -0.2) is 0 Å². The van der Waals surface area contributed by atoms with Crippen LogP contribution in [0.1, 0.15) is 16.7 Å². The molecule has 2 aromatic carbocycles. The van der Waals surface area contributed by atoms with E-state index in [4.69, 9.17) is 5.26 Å². The Hall–Kier alpha value is -3.39. The molecule has 1 aliphatic heterocycles. The Bertz CT molecular complexity index is 991. The van der Waals surface area contributed by atoms with Gasteiger partial charge in [0.1, 0.15) is 6.07 Å². The van der Waals surface area contributed by atoms with Crippen molar-refractivity contribution in [1.29, 1.82) is 5.26 Å². The first kappa shape index (κ1) is 12.4. The molecule has 5 heteroatoms. The number of hydrogen-bond donors (Lipinski definition) is 2. The lowest BCUT2D eigenvalue weighted by Gasteiger charge is -2.00. The number of hydrogen-bond acceptors (Lipinski definition) is 3. The predicted molar refractivity (Wildman–Crippen MR) is 83.8 cm³/mol. The number of carbonyl (C=O) groups is 1. The second-order valence-corrected chi connectivity index (χ2v) is 5.07. The quantitative estimate of drug-likeness (QED) is 0.675. The van der Waals surface area contributed by atoms with Crippen molar-refractivity contribution in [1.82, 2.24) is 10.2 Å². The monoisotopic (exact) mass is 286 g/mol. The minimum Gasteiger partial charge on any atom is -0.320 e. The Kier molecular flexibility index (Phi) is 2.57.